The fourth-order valence-electron chi connectivity index (χ4n) is 3.33. The molecule has 0 spiro atoms. The Balaban J connectivity index is 1.90. The van der Waals surface area contributed by atoms with Gasteiger partial charge in [0.25, 0.3) is 0 Å². The number of amides is 1. The highest BCUT2D eigenvalue weighted by Gasteiger charge is 2.23. The number of carbonyl (C=O) groups is 1. The highest BCUT2D eigenvalue weighted by Crippen LogP contribution is 2.38. The van der Waals surface area contributed by atoms with Crippen molar-refractivity contribution in [1.82, 2.24) is 4.57 Å². The van der Waals surface area contributed by atoms with Gasteiger partial charge < -0.3 is 24.1 Å². The zero-order valence-electron chi connectivity index (χ0n) is 16.9. The fourth-order valence-corrected chi connectivity index (χ4v) is 3.33. The summed E-state index contributed by atoms with van der Waals surface area (Å²) in [5, 5.41) is 2.97. The SMILES string of the molecule is CCOc1ccccc1NC(=O)C[C@@H](c1cccc(OC)c1OC)n1cccc1. The van der Waals surface area contributed by atoms with Gasteiger partial charge in [0.2, 0.25) is 5.91 Å². The van der Waals surface area contributed by atoms with Crippen molar-refractivity contribution in [3.63, 3.8) is 0 Å². The molecule has 1 aromatic heterocycles. The minimum atomic E-state index is -0.255. The zero-order chi connectivity index (χ0) is 20.6. The molecule has 1 amide bonds. The van der Waals surface area contributed by atoms with Crippen LogP contribution in [0.15, 0.2) is 67.0 Å². The Labute approximate surface area is 171 Å². The van der Waals surface area contributed by atoms with Crippen molar-refractivity contribution in [2.45, 2.75) is 19.4 Å². The third kappa shape index (κ3) is 4.71. The second kappa shape index (κ2) is 9.68. The maximum Gasteiger partial charge on any atom is 0.226 e. The summed E-state index contributed by atoms with van der Waals surface area (Å²) in [6.07, 6.45) is 4.09. The minimum absolute atomic E-state index is 0.124. The number of hydrogen-bond donors (Lipinski definition) is 1. The normalized spacial score (nSPS) is 11.6. The van der Waals surface area contributed by atoms with Crippen LogP contribution in [0.1, 0.15) is 24.9 Å². The molecule has 0 aliphatic rings. The first-order valence-electron chi connectivity index (χ1n) is 9.53. The van der Waals surface area contributed by atoms with Crippen LogP contribution in [0.5, 0.6) is 17.2 Å². The van der Waals surface area contributed by atoms with Crippen LogP contribution >= 0.6 is 0 Å². The standard InChI is InChI=1S/C23H26N2O4/c1-4-29-20-12-6-5-11-18(20)24-22(26)16-19(25-14-7-8-15-25)17-10-9-13-21(27-2)23(17)28-3/h5-15,19H,4,16H2,1-3H3,(H,24,26)/t19-/m0/s1. The highest BCUT2D eigenvalue weighted by atomic mass is 16.5. The third-order valence-electron chi connectivity index (χ3n) is 4.62. The van der Waals surface area contributed by atoms with Crippen LogP contribution in [0.3, 0.4) is 0 Å². The van der Waals surface area contributed by atoms with E-state index in [9.17, 15) is 4.79 Å². The van der Waals surface area contributed by atoms with E-state index in [-0.39, 0.29) is 18.4 Å². The summed E-state index contributed by atoms with van der Waals surface area (Å²) in [7, 11) is 3.20. The Morgan fingerprint density at radius 3 is 2.38 bits per heavy atom. The second-order valence-electron chi connectivity index (χ2n) is 6.41. The van der Waals surface area contributed by atoms with E-state index in [4.69, 9.17) is 14.2 Å². The molecule has 3 rings (SSSR count). The molecule has 0 bridgehead atoms. The number of para-hydroxylation sites is 3. The number of nitrogens with zero attached hydrogens (tertiary/aromatic N) is 1. The predicted molar refractivity (Wildman–Crippen MR) is 113 cm³/mol. The molecular formula is C23H26N2O4. The van der Waals surface area contributed by atoms with E-state index < -0.39 is 0 Å². The van der Waals surface area contributed by atoms with Gasteiger partial charge in [-0.3, -0.25) is 4.79 Å². The molecule has 1 heterocycles. The van der Waals surface area contributed by atoms with Gasteiger partial charge in [-0.2, -0.15) is 0 Å². The molecule has 1 N–H and O–H groups in total. The number of hydrogen-bond acceptors (Lipinski definition) is 4. The molecule has 0 aliphatic heterocycles. The maximum atomic E-state index is 12.9. The lowest BCUT2D eigenvalue weighted by molar-refractivity contribution is -0.116. The van der Waals surface area contributed by atoms with Gasteiger partial charge in [-0.05, 0) is 37.3 Å². The van der Waals surface area contributed by atoms with E-state index in [0.717, 1.165) is 5.56 Å². The Kier molecular flexibility index (Phi) is 6.79. The summed E-state index contributed by atoms with van der Waals surface area (Å²) in [5.41, 5.74) is 1.53. The number of anilines is 1. The molecule has 6 heteroatoms. The summed E-state index contributed by atoms with van der Waals surface area (Å²) in [6, 6.07) is 16.7. The van der Waals surface area contributed by atoms with E-state index >= 15 is 0 Å². The van der Waals surface area contributed by atoms with Crippen LogP contribution in [0, 0.1) is 0 Å². The Morgan fingerprint density at radius 1 is 0.966 bits per heavy atom. The van der Waals surface area contributed by atoms with Crippen LogP contribution in [0.4, 0.5) is 5.69 Å². The summed E-state index contributed by atoms with van der Waals surface area (Å²) in [6.45, 7) is 2.44. The molecule has 0 radical (unpaired) electrons. The lowest BCUT2D eigenvalue weighted by Crippen LogP contribution is -2.20. The van der Waals surface area contributed by atoms with E-state index in [1.165, 1.54) is 0 Å². The average molecular weight is 394 g/mol. The first-order valence-corrected chi connectivity index (χ1v) is 9.53. The second-order valence-corrected chi connectivity index (χ2v) is 6.41. The summed E-state index contributed by atoms with van der Waals surface area (Å²) in [5.74, 6) is 1.78. The van der Waals surface area contributed by atoms with Gasteiger partial charge in [-0.15, -0.1) is 0 Å². The number of aromatic nitrogens is 1. The number of ether oxygens (including phenoxy) is 3. The smallest absolute Gasteiger partial charge is 0.226 e. The summed E-state index contributed by atoms with van der Waals surface area (Å²) < 4.78 is 18.6. The Hall–Kier alpha value is -3.41. The van der Waals surface area contributed by atoms with E-state index in [0.29, 0.717) is 29.5 Å². The topological polar surface area (TPSA) is 61.7 Å². The molecule has 152 valence electrons. The average Bonchev–Trinajstić information content (AvgIpc) is 3.27. The van der Waals surface area contributed by atoms with E-state index in [1.54, 1.807) is 14.2 Å². The van der Waals surface area contributed by atoms with Crippen molar-refractivity contribution >= 4 is 11.6 Å². The van der Waals surface area contributed by atoms with Crippen molar-refractivity contribution in [3.8, 4) is 17.2 Å². The molecule has 0 saturated carbocycles. The van der Waals surface area contributed by atoms with Crippen LogP contribution < -0.4 is 19.5 Å². The van der Waals surface area contributed by atoms with E-state index in [1.807, 2.05) is 78.5 Å². The molecule has 1 atom stereocenters. The minimum Gasteiger partial charge on any atom is -0.493 e. The monoisotopic (exact) mass is 394 g/mol. The van der Waals surface area contributed by atoms with Gasteiger partial charge in [-0.1, -0.05) is 24.3 Å². The number of rotatable bonds is 9. The number of benzene rings is 2. The van der Waals surface area contributed by atoms with Crippen LogP contribution in [-0.2, 0) is 4.79 Å². The summed E-state index contributed by atoms with van der Waals surface area (Å²) >= 11 is 0. The summed E-state index contributed by atoms with van der Waals surface area (Å²) in [4.78, 5) is 12.9. The van der Waals surface area contributed by atoms with Crippen molar-refractivity contribution < 1.29 is 19.0 Å². The number of carbonyl (C=O) groups excluding carboxylic acids is 1. The van der Waals surface area contributed by atoms with Gasteiger partial charge in [0.1, 0.15) is 5.75 Å². The molecular weight excluding hydrogens is 368 g/mol. The van der Waals surface area contributed by atoms with E-state index in [2.05, 4.69) is 5.32 Å². The Morgan fingerprint density at radius 2 is 1.69 bits per heavy atom. The Bertz CT molecular complexity index is 938. The van der Waals surface area contributed by atoms with Crippen LogP contribution in [0.2, 0.25) is 0 Å². The first kappa shape index (κ1) is 20.3. The van der Waals surface area contributed by atoms with Gasteiger partial charge in [-0.25, -0.2) is 0 Å². The van der Waals surface area contributed by atoms with Crippen LogP contribution in [-0.4, -0.2) is 31.3 Å². The lowest BCUT2D eigenvalue weighted by atomic mass is 10.0. The highest BCUT2D eigenvalue weighted by molar-refractivity contribution is 5.92. The number of methoxy groups -OCH3 is 2. The van der Waals surface area contributed by atoms with Gasteiger partial charge in [0.05, 0.1) is 39.0 Å². The number of nitrogens with one attached hydrogen (secondary N) is 1. The van der Waals surface area contributed by atoms with Gasteiger partial charge in [0, 0.05) is 18.0 Å². The van der Waals surface area contributed by atoms with Crippen molar-refractivity contribution in [3.05, 3.63) is 72.6 Å². The zero-order valence-corrected chi connectivity index (χ0v) is 16.9. The quantitative estimate of drug-likeness (QED) is 0.580. The van der Waals surface area contributed by atoms with Crippen LogP contribution in [0.25, 0.3) is 0 Å². The van der Waals surface area contributed by atoms with Crippen molar-refractivity contribution in [1.29, 1.82) is 0 Å². The maximum absolute atomic E-state index is 12.9. The van der Waals surface area contributed by atoms with Crippen molar-refractivity contribution in [2.24, 2.45) is 0 Å². The first-order chi connectivity index (χ1) is 14.2. The third-order valence-corrected chi connectivity index (χ3v) is 4.62. The molecule has 0 fully saturated rings. The largest absolute Gasteiger partial charge is 0.493 e. The van der Waals surface area contributed by atoms with Crippen molar-refractivity contribution in [2.75, 3.05) is 26.1 Å². The molecule has 29 heavy (non-hydrogen) atoms. The molecule has 0 aliphatic carbocycles. The van der Waals surface area contributed by atoms with Gasteiger partial charge in [0.15, 0.2) is 11.5 Å². The molecule has 0 unspecified atom stereocenters. The molecule has 3 aromatic rings. The molecule has 2 aromatic carbocycles. The lowest BCUT2D eigenvalue weighted by Gasteiger charge is -2.23. The van der Waals surface area contributed by atoms with Gasteiger partial charge >= 0.3 is 0 Å². The fraction of sp³-hybridized carbons (Fsp3) is 0.261. The predicted octanol–water partition coefficient (Wildman–Crippen LogP) is 4.52. The molecule has 6 nitrogen and oxygen atoms in total. The molecule has 0 saturated heterocycles.